The minimum absolute atomic E-state index is 0.0354. The molecule has 66 heavy (non-hydrogen) atoms. The van der Waals surface area contributed by atoms with Crippen molar-refractivity contribution in [2.45, 2.75) is 93.9 Å². The number of rotatable bonds is 17. The van der Waals surface area contributed by atoms with E-state index in [1.807, 2.05) is 18.7 Å². The molecule has 0 spiro atoms. The van der Waals surface area contributed by atoms with Crippen LogP contribution in [0.3, 0.4) is 0 Å². The van der Waals surface area contributed by atoms with Crippen LogP contribution in [-0.4, -0.2) is 141 Å². The van der Waals surface area contributed by atoms with Crippen LogP contribution in [0.2, 0.25) is 5.02 Å². The van der Waals surface area contributed by atoms with Crippen molar-refractivity contribution in [1.82, 2.24) is 35.3 Å². The van der Waals surface area contributed by atoms with Crippen molar-refractivity contribution in [3.63, 3.8) is 0 Å². The van der Waals surface area contributed by atoms with Crippen LogP contribution in [0.25, 0.3) is 0 Å². The molecule has 4 aliphatic rings. The standard InChI is InChI=1S/C47H60ClFN10O6S/c1-46(2,39(55-44(64)47(49)15-16-47)43(63)59-27-34(60)22-37(59)41(61)52-24-30-7-5-29(23-50)6-8-30)66-28-32-11-9-31(10-12-32)26-57-17-19-58(20-18-57)42(62)33-13-14-36(38(21-33)65-4)54-45-53-25-35(48)40(51-3)56-45/h5-8,13-14,21,25,31-32,34,37,39,60H,9-12,15-20,22,24,26-28H2,1-4H3,(H,52,61)(H,55,64)(H2,51,53,54,56)/t31?,32?,34-,37+,39-/m1/s1. The third kappa shape index (κ3) is 11.8. The Morgan fingerprint density at radius 1 is 1.06 bits per heavy atom. The fourth-order valence-corrected chi connectivity index (χ4v) is 10.4. The number of nitrogens with one attached hydrogen (secondary N) is 4. The largest absolute Gasteiger partial charge is 0.495 e. The van der Waals surface area contributed by atoms with E-state index >= 15 is 4.39 Å². The number of carbonyl (C=O) groups is 4. The van der Waals surface area contributed by atoms with Crippen molar-refractivity contribution in [2.24, 2.45) is 11.8 Å². The number of aliphatic hydroxyl groups is 1. The monoisotopic (exact) mass is 946 g/mol. The second-order valence-corrected chi connectivity index (χ2v) is 20.4. The van der Waals surface area contributed by atoms with Gasteiger partial charge in [0.05, 0.1) is 36.7 Å². The second-order valence-electron chi connectivity index (χ2n) is 18.4. The Kier molecular flexibility index (Phi) is 15.6. The summed E-state index contributed by atoms with van der Waals surface area (Å²) in [6.07, 6.45) is 4.92. The highest BCUT2D eigenvalue weighted by atomic mass is 35.5. The summed E-state index contributed by atoms with van der Waals surface area (Å²) in [4.78, 5) is 68.9. The quantitative estimate of drug-likeness (QED) is 0.119. The van der Waals surface area contributed by atoms with Gasteiger partial charge < -0.3 is 40.9 Å². The van der Waals surface area contributed by atoms with E-state index in [1.165, 1.54) is 11.1 Å². The Bertz CT molecular complexity index is 2280. The lowest BCUT2D eigenvalue weighted by Crippen LogP contribution is -2.61. The number of aromatic nitrogens is 2. The van der Waals surface area contributed by atoms with Crippen LogP contribution in [0.15, 0.2) is 48.7 Å². The van der Waals surface area contributed by atoms with Gasteiger partial charge in [-0.05, 0) is 106 Å². The number of thioether (sulfide) groups is 1. The van der Waals surface area contributed by atoms with Gasteiger partial charge in [0, 0.05) is 69.6 Å². The molecule has 2 aromatic carbocycles. The number of hydrogen-bond donors (Lipinski definition) is 5. The maximum Gasteiger partial charge on any atom is 0.258 e. The molecule has 3 aromatic rings. The van der Waals surface area contributed by atoms with Gasteiger partial charge in [0.1, 0.15) is 28.7 Å². The number of aliphatic hydroxyl groups excluding tert-OH is 1. The maximum atomic E-state index is 15.1. The molecule has 4 amide bonds. The summed E-state index contributed by atoms with van der Waals surface area (Å²) in [5.74, 6) is 1.11. The first-order valence-electron chi connectivity index (χ1n) is 22.7. The summed E-state index contributed by atoms with van der Waals surface area (Å²) in [5, 5.41) is 31.8. The highest BCUT2D eigenvalue weighted by molar-refractivity contribution is 8.00. The molecule has 1 aromatic heterocycles. The third-order valence-electron chi connectivity index (χ3n) is 13.2. The zero-order valence-electron chi connectivity index (χ0n) is 37.9. The molecule has 19 heteroatoms. The van der Waals surface area contributed by atoms with E-state index in [4.69, 9.17) is 21.6 Å². The van der Waals surface area contributed by atoms with Crippen LogP contribution in [0.5, 0.6) is 5.75 Å². The number of nitrogens with zero attached hydrogens (tertiary/aromatic N) is 6. The molecule has 2 aliphatic heterocycles. The number of carbonyl (C=O) groups excluding carboxylic acids is 4. The number of anilines is 3. The van der Waals surface area contributed by atoms with Crippen LogP contribution in [0.1, 0.15) is 80.3 Å². The van der Waals surface area contributed by atoms with Gasteiger partial charge in [0.15, 0.2) is 5.67 Å². The van der Waals surface area contributed by atoms with Gasteiger partial charge in [0.25, 0.3) is 11.8 Å². The number of methoxy groups -OCH3 is 1. The van der Waals surface area contributed by atoms with E-state index in [1.54, 1.807) is 68.4 Å². The molecule has 7 rings (SSSR count). The molecule has 3 heterocycles. The number of likely N-dealkylation sites (tertiary alicyclic amines) is 1. The molecule has 2 aliphatic carbocycles. The summed E-state index contributed by atoms with van der Waals surface area (Å²) in [7, 11) is 3.27. The minimum atomic E-state index is -2.01. The SMILES string of the molecule is CNc1nc(Nc2ccc(C(=O)N3CCN(CC4CCC(CSC(C)(C)[C@H](NC(=O)C5(F)CC5)C(=O)N5C[C@H](O)C[C@H]5C(=O)NCc5ccc(C#N)cc5)CC4)CC3)cc2OC)ncc1Cl. The smallest absolute Gasteiger partial charge is 0.258 e. The predicted molar refractivity (Wildman–Crippen MR) is 251 cm³/mol. The van der Waals surface area contributed by atoms with E-state index in [9.17, 15) is 24.3 Å². The second kappa shape index (κ2) is 21.2. The summed E-state index contributed by atoms with van der Waals surface area (Å²) in [6, 6.07) is 12.0. The topological polar surface area (TPSA) is 205 Å². The third-order valence-corrected chi connectivity index (χ3v) is 15.1. The molecular weight excluding hydrogens is 887 g/mol. The molecule has 3 atom stereocenters. The van der Waals surface area contributed by atoms with Gasteiger partial charge >= 0.3 is 0 Å². The van der Waals surface area contributed by atoms with Gasteiger partial charge in [-0.2, -0.15) is 22.0 Å². The van der Waals surface area contributed by atoms with Crippen molar-refractivity contribution >= 4 is 64.4 Å². The number of piperazine rings is 1. The number of hydrogen-bond acceptors (Lipinski definition) is 13. The minimum Gasteiger partial charge on any atom is -0.495 e. The highest BCUT2D eigenvalue weighted by Gasteiger charge is 2.54. The van der Waals surface area contributed by atoms with Crippen LogP contribution in [-0.2, 0) is 20.9 Å². The fraction of sp³-hybridized carbons (Fsp3) is 0.553. The van der Waals surface area contributed by atoms with Crippen molar-refractivity contribution in [3.8, 4) is 11.8 Å². The average Bonchev–Trinajstić information content (AvgIpc) is 3.97. The molecule has 2 saturated carbocycles. The Morgan fingerprint density at radius 3 is 2.41 bits per heavy atom. The number of alkyl halides is 1. The summed E-state index contributed by atoms with van der Waals surface area (Å²) in [5.41, 5.74) is 0.402. The van der Waals surface area contributed by atoms with Crippen molar-refractivity contribution < 1.29 is 33.4 Å². The van der Waals surface area contributed by atoms with E-state index in [0.717, 1.165) is 56.6 Å². The Labute approximate surface area is 394 Å². The van der Waals surface area contributed by atoms with Crippen LogP contribution < -0.4 is 26.0 Å². The molecule has 4 fully saturated rings. The van der Waals surface area contributed by atoms with Crippen molar-refractivity contribution in [1.29, 1.82) is 5.26 Å². The van der Waals surface area contributed by atoms with Gasteiger partial charge in [-0.25, -0.2) is 9.37 Å². The molecule has 0 unspecified atom stereocenters. The van der Waals surface area contributed by atoms with E-state index in [2.05, 4.69) is 42.2 Å². The fourth-order valence-electron chi connectivity index (χ4n) is 8.93. The van der Waals surface area contributed by atoms with Gasteiger partial charge in [0.2, 0.25) is 17.8 Å². The summed E-state index contributed by atoms with van der Waals surface area (Å²) >= 11 is 7.70. The lowest BCUT2D eigenvalue weighted by atomic mass is 9.82. The Hall–Kier alpha value is -5.22. The number of ether oxygens (including phenoxy) is 1. The Morgan fingerprint density at radius 2 is 1.76 bits per heavy atom. The number of halogens is 2. The summed E-state index contributed by atoms with van der Waals surface area (Å²) in [6.45, 7) is 7.59. The maximum absolute atomic E-state index is 15.1. The normalized spacial score (nSPS) is 22.2. The summed E-state index contributed by atoms with van der Waals surface area (Å²) < 4.78 is 19.8. The number of nitriles is 1. The van der Waals surface area contributed by atoms with Crippen LogP contribution >= 0.6 is 23.4 Å². The number of amides is 4. The zero-order valence-corrected chi connectivity index (χ0v) is 39.5. The first-order valence-corrected chi connectivity index (χ1v) is 24.0. The van der Waals surface area contributed by atoms with Gasteiger partial charge in [-0.1, -0.05) is 23.7 Å². The van der Waals surface area contributed by atoms with E-state index in [0.29, 0.717) is 64.3 Å². The Balaban J connectivity index is 0.883. The molecular formula is C47H60ClFN10O6S. The predicted octanol–water partition coefficient (Wildman–Crippen LogP) is 5.14. The lowest BCUT2D eigenvalue weighted by Gasteiger charge is -2.40. The zero-order chi connectivity index (χ0) is 47.2. The highest BCUT2D eigenvalue weighted by Crippen LogP contribution is 2.42. The average molecular weight is 948 g/mol. The van der Waals surface area contributed by atoms with E-state index < -0.39 is 46.3 Å². The molecule has 0 bridgehead atoms. The van der Waals surface area contributed by atoms with Crippen LogP contribution in [0, 0.1) is 23.2 Å². The number of β-amino-alcohol motifs (C(OH)–C–C–N with tert-alkyl or cyclic N) is 1. The van der Waals surface area contributed by atoms with Crippen LogP contribution in [0.4, 0.5) is 21.8 Å². The molecule has 354 valence electrons. The van der Waals surface area contributed by atoms with Crippen molar-refractivity contribution in [3.05, 3.63) is 70.4 Å². The molecule has 0 radical (unpaired) electrons. The molecule has 5 N–H and O–H groups in total. The van der Waals surface area contributed by atoms with Crippen molar-refractivity contribution in [2.75, 3.05) is 69.8 Å². The van der Waals surface area contributed by atoms with E-state index in [-0.39, 0.29) is 38.3 Å². The van der Waals surface area contributed by atoms with Gasteiger partial charge in [-0.3, -0.25) is 24.1 Å². The number of benzene rings is 2. The lowest BCUT2D eigenvalue weighted by molar-refractivity contribution is -0.143. The van der Waals surface area contributed by atoms with Gasteiger partial charge in [-0.15, -0.1) is 0 Å². The first kappa shape index (κ1) is 48.7. The first-order chi connectivity index (χ1) is 31.6. The molecule has 2 saturated heterocycles. The molecule has 16 nitrogen and oxygen atoms in total.